The number of likely N-dealkylation sites (N-methyl/N-ethyl adjacent to an activating group) is 1. The topological polar surface area (TPSA) is 104 Å². The third kappa shape index (κ3) is 2.85. The van der Waals surface area contributed by atoms with E-state index in [-0.39, 0.29) is 5.78 Å². The number of hydrogen-bond acceptors (Lipinski definition) is 5. The Kier molecular flexibility index (Phi) is 4.02. The van der Waals surface area contributed by atoms with Gasteiger partial charge < -0.3 is 5.32 Å². The van der Waals surface area contributed by atoms with Crippen molar-refractivity contribution >= 4 is 35.2 Å². The second-order valence-electron chi connectivity index (χ2n) is 4.72. The second kappa shape index (κ2) is 5.76. The van der Waals surface area contributed by atoms with Crippen LogP contribution in [0.1, 0.15) is 17.3 Å². The Balaban J connectivity index is 2.01. The molecule has 1 aliphatic heterocycles. The molecule has 5 amide bonds. The fourth-order valence-electron chi connectivity index (χ4n) is 1.89. The van der Waals surface area contributed by atoms with Crippen LogP contribution in [0.15, 0.2) is 24.3 Å². The van der Waals surface area contributed by atoms with Crippen molar-refractivity contribution in [2.24, 2.45) is 0 Å². The molecule has 1 aliphatic rings. The lowest BCUT2D eigenvalue weighted by atomic mass is 10.1. The van der Waals surface area contributed by atoms with E-state index in [9.17, 15) is 24.0 Å². The van der Waals surface area contributed by atoms with Gasteiger partial charge in [-0.3, -0.25) is 24.1 Å². The molecule has 0 aromatic heterocycles. The predicted molar refractivity (Wildman–Crippen MR) is 75.0 cm³/mol. The molecular weight excluding hydrogens is 290 g/mol. The minimum absolute atomic E-state index is 0.104. The Morgan fingerprint density at radius 3 is 2.09 bits per heavy atom. The van der Waals surface area contributed by atoms with Gasteiger partial charge in [-0.25, -0.2) is 9.69 Å². The van der Waals surface area contributed by atoms with Gasteiger partial charge in [-0.1, -0.05) is 0 Å². The minimum Gasteiger partial charge on any atom is -0.325 e. The predicted octanol–water partition coefficient (Wildman–Crippen LogP) is 0.248. The van der Waals surface area contributed by atoms with Crippen molar-refractivity contribution in [3.05, 3.63) is 29.8 Å². The number of carbonyl (C=O) groups is 5. The molecule has 1 aromatic carbocycles. The molecular formula is C14H13N3O5. The summed E-state index contributed by atoms with van der Waals surface area (Å²) in [6, 6.07) is 5.30. The van der Waals surface area contributed by atoms with Gasteiger partial charge in [0.1, 0.15) is 6.54 Å². The molecule has 0 bridgehead atoms. The summed E-state index contributed by atoms with van der Waals surface area (Å²) in [6.07, 6.45) is 0. The number of urea groups is 1. The van der Waals surface area contributed by atoms with Gasteiger partial charge in [-0.2, -0.15) is 0 Å². The van der Waals surface area contributed by atoms with Crippen LogP contribution in [0.2, 0.25) is 0 Å². The first-order valence-corrected chi connectivity index (χ1v) is 6.35. The van der Waals surface area contributed by atoms with Gasteiger partial charge in [0.2, 0.25) is 5.91 Å². The van der Waals surface area contributed by atoms with Gasteiger partial charge in [0.25, 0.3) is 0 Å². The summed E-state index contributed by atoms with van der Waals surface area (Å²) in [4.78, 5) is 58.7. The summed E-state index contributed by atoms with van der Waals surface area (Å²) in [6.45, 7) is 0.869. The van der Waals surface area contributed by atoms with Gasteiger partial charge in [-0.15, -0.1) is 0 Å². The molecule has 1 fully saturated rings. The molecule has 0 spiro atoms. The number of Topliss-reactive ketones (excluding diaryl/α,β-unsaturated/α-hetero) is 1. The standard InChI is InChI=1S/C14H13N3O5/c1-8(18)9-3-5-10(6-4-9)15-11(19)7-17-13(21)12(20)16(2)14(17)22/h3-6H,7H2,1-2H3,(H,15,19). The molecule has 0 radical (unpaired) electrons. The van der Waals surface area contributed by atoms with Crippen LogP contribution in [0.4, 0.5) is 10.5 Å². The minimum atomic E-state index is -1.03. The summed E-state index contributed by atoms with van der Waals surface area (Å²) in [5.74, 6) is -2.73. The quantitative estimate of drug-likeness (QED) is 0.488. The van der Waals surface area contributed by atoms with E-state index in [0.717, 1.165) is 0 Å². The zero-order chi connectivity index (χ0) is 16.4. The number of anilines is 1. The van der Waals surface area contributed by atoms with Crippen LogP contribution in [0, 0.1) is 0 Å². The zero-order valence-electron chi connectivity index (χ0n) is 12.0. The Morgan fingerprint density at radius 1 is 1.05 bits per heavy atom. The van der Waals surface area contributed by atoms with Crippen molar-refractivity contribution in [2.45, 2.75) is 6.92 Å². The Morgan fingerprint density at radius 2 is 1.64 bits per heavy atom. The summed E-state index contributed by atoms with van der Waals surface area (Å²) in [7, 11) is 1.17. The highest BCUT2D eigenvalue weighted by molar-refractivity contribution is 6.44. The first kappa shape index (κ1) is 15.4. The maximum absolute atomic E-state index is 11.8. The highest BCUT2D eigenvalue weighted by atomic mass is 16.2. The molecule has 1 heterocycles. The molecule has 114 valence electrons. The summed E-state index contributed by atoms with van der Waals surface area (Å²) < 4.78 is 0. The van der Waals surface area contributed by atoms with Crippen LogP contribution in [0.3, 0.4) is 0 Å². The van der Waals surface area contributed by atoms with Crippen LogP contribution < -0.4 is 5.32 Å². The van der Waals surface area contributed by atoms with E-state index >= 15 is 0 Å². The number of nitrogens with zero attached hydrogens (tertiary/aromatic N) is 2. The lowest BCUT2D eigenvalue weighted by Crippen LogP contribution is -2.38. The van der Waals surface area contributed by atoms with Crippen molar-refractivity contribution in [2.75, 3.05) is 18.9 Å². The largest absolute Gasteiger partial charge is 0.334 e. The fourth-order valence-corrected chi connectivity index (χ4v) is 1.89. The Labute approximate surface area is 125 Å². The number of rotatable bonds is 4. The van der Waals surface area contributed by atoms with Crippen LogP contribution in [0.25, 0.3) is 0 Å². The summed E-state index contributed by atoms with van der Waals surface area (Å²) >= 11 is 0. The second-order valence-corrected chi connectivity index (χ2v) is 4.72. The van der Waals surface area contributed by atoms with Gasteiger partial charge in [0, 0.05) is 18.3 Å². The molecule has 1 N–H and O–H groups in total. The van der Waals surface area contributed by atoms with Crippen molar-refractivity contribution in [1.82, 2.24) is 9.80 Å². The summed E-state index contributed by atoms with van der Waals surface area (Å²) in [5.41, 5.74) is 0.906. The van der Waals surface area contributed by atoms with Crippen molar-refractivity contribution in [3.8, 4) is 0 Å². The number of ketones is 1. The number of hydrogen-bond donors (Lipinski definition) is 1. The maximum atomic E-state index is 11.8. The van der Waals surface area contributed by atoms with E-state index in [0.29, 0.717) is 21.1 Å². The van der Waals surface area contributed by atoms with Gasteiger partial charge in [0.05, 0.1) is 0 Å². The third-order valence-corrected chi connectivity index (χ3v) is 3.13. The molecule has 0 atom stereocenters. The number of nitrogens with one attached hydrogen (secondary N) is 1. The Bertz CT molecular complexity index is 680. The average molecular weight is 303 g/mol. The number of carbonyl (C=O) groups excluding carboxylic acids is 5. The summed E-state index contributed by atoms with van der Waals surface area (Å²) in [5, 5.41) is 2.48. The van der Waals surface area contributed by atoms with Gasteiger partial charge in [-0.05, 0) is 31.2 Å². The zero-order valence-corrected chi connectivity index (χ0v) is 12.0. The molecule has 22 heavy (non-hydrogen) atoms. The van der Waals surface area contributed by atoms with E-state index < -0.39 is 30.3 Å². The lowest BCUT2D eigenvalue weighted by molar-refractivity contribution is -0.143. The van der Waals surface area contributed by atoms with Gasteiger partial charge in [0.15, 0.2) is 5.78 Å². The van der Waals surface area contributed by atoms with E-state index in [4.69, 9.17) is 0 Å². The SMILES string of the molecule is CC(=O)c1ccc(NC(=O)CN2C(=O)C(=O)N(C)C2=O)cc1. The molecule has 8 nitrogen and oxygen atoms in total. The highest BCUT2D eigenvalue weighted by Gasteiger charge is 2.42. The number of amides is 5. The van der Waals surface area contributed by atoms with E-state index in [2.05, 4.69) is 5.32 Å². The van der Waals surface area contributed by atoms with E-state index in [1.54, 1.807) is 12.1 Å². The lowest BCUT2D eigenvalue weighted by Gasteiger charge is -2.12. The van der Waals surface area contributed by atoms with Gasteiger partial charge >= 0.3 is 17.8 Å². The van der Waals surface area contributed by atoms with Crippen molar-refractivity contribution < 1.29 is 24.0 Å². The number of benzene rings is 1. The molecule has 0 aliphatic carbocycles. The van der Waals surface area contributed by atoms with Crippen LogP contribution in [-0.4, -0.2) is 52.9 Å². The molecule has 8 heteroatoms. The third-order valence-electron chi connectivity index (χ3n) is 3.13. The maximum Gasteiger partial charge on any atom is 0.334 e. The van der Waals surface area contributed by atoms with E-state index in [1.807, 2.05) is 0 Å². The average Bonchev–Trinajstić information content (AvgIpc) is 2.65. The molecule has 1 aromatic rings. The first-order chi connectivity index (χ1) is 10.3. The smallest absolute Gasteiger partial charge is 0.325 e. The monoisotopic (exact) mass is 303 g/mol. The van der Waals surface area contributed by atoms with Crippen molar-refractivity contribution in [3.63, 3.8) is 0 Å². The molecule has 2 rings (SSSR count). The van der Waals surface area contributed by atoms with Crippen LogP contribution >= 0.6 is 0 Å². The van der Waals surface area contributed by atoms with Crippen LogP contribution in [-0.2, 0) is 14.4 Å². The van der Waals surface area contributed by atoms with Crippen LogP contribution in [0.5, 0.6) is 0 Å². The van der Waals surface area contributed by atoms with Crippen molar-refractivity contribution in [1.29, 1.82) is 0 Å². The molecule has 0 unspecified atom stereocenters. The highest BCUT2D eigenvalue weighted by Crippen LogP contribution is 2.12. The molecule has 1 saturated heterocycles. The normalized spacial score (nSPS) is 14.5. The van der Waals surface area contributed by atoms with E-state index in [1.165, 1.54) is 26.1 Å². The Hall–Kier alpha value is -3.03. The fraction of sp³-hybridized carbons (Fsp3) is 0.214. The first-order valence-electron chi connectivity index (χ1n) is 6.35. The number of imide groups is 2. The molecule has 0 saturated carbocycles.